The number of pyridine rings is 1. The summed E-state index contributed by atoms with van der Waals surface area (Å²) >= 11 is 6.10. The Bertz CT molecular complexity index is 734. The Labute approximate surface area is 145 Å². The van der Waals surface area contributed by atoms with Crippen molar-refractivity contribution < 1.29 is 8.95 Å². The molecule has 0 saturated heterocycles. The van der Waals surface area contributed by atoms with Crippen molar-refractivity contribution in [3.8, 4) is 5.75 Å². The SMILES string of the molecule is CC[C@@H](CC(C)(C)S(N)=O)c1ccc(OC)c2cnc(Cl)cc12. The van der Waals surface area contributed by atoms with E-state index in [1.807, 2.05) is 26.0 Å². The third-order valence-corrected chi connectivity index (χ3v) is 5.76. The summed E-state index contributed by atoms with van der Waals surface area (Å²) in [4.78, 5) is 4.16. The number of hydrogen-bond acceptors (Lipinski definition) is 3. The van der Waals surface area contributed by atoms with Gasteiger partial charge < -0.3 is 4.74 Å². The Hall–Kier alpha value is -1.17. The van der Waals surface area contributed by atoms with Crippen LogP contribution < -0.4 is 9.88 Å². The van der Waals surface area contributed by atoms with Gasteiger partial charge in [-0.15, -0.1) is 0 Å². The number of hydrogen-bond donors (Lipinski definition) is 1. The standard InChI is InChI=1S/C17H23ClN2O2S/c1-5-11(9-17(2,3)23(19)21)12-6-7-15(22-4)14-10-20-16(18)8-13(12)14/h6-8,10-11H,5,9,19H2,1-4H3/t11-,23?/m0/s1. The molecule has 0 aliphatic heterocycles. The van der Waals surface area contributed by atoms with Crippen LogP contribution in [-0.4, -0.2) is 21.0 Å². The molecule has 0 aliphatic rings. The summed E-state index contributed by atoms with van der Waals surface area (Å²) in [5.74, 6) is 0.994. The largest absolute Gasteiger partial charge is 0.496 e. The van der Waals surface area contributed by atoms with E-state index >= 15 is 0 Å². The molecule has 0 saturated carbocycles. The maximum absolute atomic E-state index is 11.8. The minimum Gasteiger partial charge on any atom is -0.496 e. The molecule has 0 radical (unpaired) electrons. The van der Waals surface area contributed by atoms with Crippen molar-refractivity contribution in [2.75, 3.05) is 7.11 Å². The van der Waals surface area contributed by atoms with Crippen molar-refractivity contribution in [1.82, 2.24) is 4.98 Å². The fraction of sp³-hybridized carbons (Fsp3) is 0.471. The molecule has 0 spiro atoms. The summed E-state index contributed by atoms with van der Waals surface area (Å²) in [6, 6.07) is 5.87. The molecular weight excluding hydrogens is 332 g/mol. The minimum absolute atomic E-state index is 0.226. The second kappa shape index (κ2) is 7.16. The lowest BCUT2D eigenvalue weighted by molar-refractivity contribution is 0.419. The highest BCUT2D eigenvalue weighted by Crippen LogP contribution is 2.38. The van der Waals surface area contributed by atoms with Crippen LogP contribution in [0.5, 0.6) is 5.75 Å². The number of fused-ring (bicyclic) bond motifs is 1. The molecule has 2 rings (SSSR count). The second-order valence-corrected chi connectivity index (χ2v) is 8.36. The topological polar surface area (TPSA) is 65.2 Å². The zero-order valence-electron chi connectivity index (χ0n) is 13.9. The summed E-state index contributed by atoms with van der Waals surface area (Å²) < 4.78 is 16.8. The number of ether oxygens (including phenoxy) is 1. The van der Waals surface area contributed by atoms with E-state index in [9.17, 15) is 4.21 Å². The van der Waals surface area contributed by atoms with E-state index in [0.717, 1.165) is 34.9 Å². The van der Waals surface area contributed by atoms with Gasteiger partial charge in [0.2, 0.25) is 0 Å². The molecule has 0 fully saturated rings. The van der Waals surface area contributed by atoms with Gasteiger partial charge in [0.15, 0.2) is 0 Å². The molecule has 1 heterocycles. The van der Waals surface area contributed by atoms with E-state index in [1.54, 1.807) is 13.3 Å². The van der Waals surface area contributed by atoms with Gasteiger partial charge in [0.1, 0.15) is 10.9 Å². The molecule has 2 aromatic rings. The van der Waals surface area contributed by atoms with Crippen LogP contribution in [0.1, 0.15) is 45.1 Å². The first-order valence-electron chi connectivity index (χ1n) is 7.58. The van der Waals surface area contributed by atoms with Crippen molar-refractivity contribution >= 4 is 33.4 Å². The molecule has 0 aliphatic carbocycles. The first kappa shape index (κ1) is 18.2. The van der Waals surface area contributed by atoms with E-state index in [2.05, 4.69) is 18.0 Å². The highest BCUT2D eigenvalue weighted by atomic mass is 35.5. The molecule has 1 aromatic heterocycles. The van der Waals surface area contributed by atoms with Gasteiger partial charge >= 0.3 is 0 Å². The van der Waals surface area contributed by atoms with Crippen molar-refractivity contribution in [1.29, 1.82) is 0 Å². The van der Waals surface area contributed by atoms with Crippen LogP contribution in [0, 0.1) is 0 Å². The Kier molecular flexibility index (Phi) is 5.65. The fourth-order valence-corrected chi connectivity index (χ4v) is 3.42. The van der Waals surface area contributed by atoms with Crippen LogP contribution in [0.25, 0.3) is 10.8 Å². The van der Waals surface area contributed by atoms with Crippen LogP contribution in [0.2, 0.25) is 5.15 Å². The van der Waals surface area contributed by atoms with Crippen LogP contribution in [0.3, 0.4) is 0 Å². The first-order valence-corrected chi connectivity index (χ1v) is 9.17. The highest BCUT2D eigenvalue weighted by molar-refractivity contribution is 7.84. The summed E-state index contributed by atoms with van der Waals surface area (Å²) in [5.41, 5.74) is 1.16. The Morgan fingerprint density at radius 3 is 2.65 bits per heavy atom. The Morgan fingerprint density at radius 1 is 1.39 bits per heavy atom. The van der Waals surface area contributed by atoms with Crippen molar-refractivity contribution in [3.63, 3.8) is 0 Å². The molecule has 0 bridgehead atoms. The maximum atomic E-state index is 11.8. The molecule has 4 nitrogen and oxygen atoms in total. The van der Waals surface area contributed by atoms with Gasteiger partial charge in [-0.05, 0) is 55.7 Å². The third kappa shape index (κ3) is 3.84. The molecular formula is C17H23ClN2O2S. The van der Waals surface area contributed by atoms with E-state index < -0.39 is 15.7 Å². The maximum Gasteiger partial charge on any atom is 0.129 e. The Morgan fingerprint density at radius 2 is 2.09 bits per heavy atom. The van der Waals surface area contributed by atoms with E-state index in [0.29, 0.717) is 5.15 Å². The lowest BCUT2D eigenvalue weighted by atomic mass is 9.85. The van der Waals surface area contributed by atoms with Gasteiger partial charge in [0, 0.05) is 11.6 Å². The predicted molar refractivity (Wildman–Crippen MR) is 97.4 cm³/mol. The van der Waals surface area contributed by atoms with E-state index in [-0.39, 0.29) is 5.92 Å². The number of aromatic nitrogens is 1. The molecule has 23 heavy (non-hydrogen) atoms. The molecule has 1 aromatic carbocycles. The smallest absolute Gasteiger partial charge is 0.129 e. The van der Waals surface area contributed by atoms with Crippen LogP contribution in [0.15, 0.2) is 24.4 Å². The molecule has 1 unspecified atom stereocenters. The van der Waals surface area contributed by atoms with Crippen LogP contribution in [0.4, 0.5) is 0 Å². The predicted octanol–water partition coefficient (Wildman–Crippen LogP) is 4.18. The number of benzene rings is 1. The normalized spacial score (nSPS) is 14.7. The number of nitrogens with zero attached hydrogens (tertiary/aromatic N) is 1. The lowest BCUT2D eigenvalue weighted by Crippen LogP contribution is -2.33. The zero-order chi connectivity index (χ0) is 17.2. The number of methoxy groups -OCH3 is 1. The summed E-state index contributed by atoms with van der Waals surface area (Å²) in [5, 5.41) is 8.06. The van der Waals surface area contributed by atoms with E-state index in [4.69, 9.17) is 21.5 Å². The molecule has 126 valence electrons. The minimum atomic E-state index is -1.38. The molecule has 6 heteroatoms. The monoisotopic (exact) mass is 354 g/mol. The number of rotatable bonds is 6. The quantitative estimate of drug-likeness (QED) is 0.791. The average molecular weight is 355 g/mol. The first-order chi connectivity index (χ1) is 10.8. The van der Waals surface area contributed by atoms with Crippen molar-refractivity contribution in [2.24, 2.45) is 5.14 Å². The fourth-order valence-electron chi connectivity index (χ4n) is 2.89. The van der Waals surface area contributed by atoms with Crippen LogP contribution in [-0.2, 0) is 11.0 Å². The van der Waals surface area contributed by atoms with Crippen molar-refractivity contribution in [3.05, 3.63) is 35.1 Å². The summed E-state index contributed by atoms with van der Waals surface area (Å²) in [7, 11) is 0.261. The van der Waals surface area contributed by atoms with Gasteiger partial charge in [0.25, 0.3) is 0 Å². The third-order valence-electron chi connectivity index (χ3n) is 4.30. The lowest BCUT2D eigenvalue weighted by Gasteiger charge is -2.28. The summed E-state index contributed by atoms with van der Waals surface area (Å²) in [6.45, 7) is 6.00. The van der Waals surface area contributed by atoms with Gasteiger partial charge in [-0.25, -0.2) is 9.19 Å². The van der Waals surface area contributed by atoms with Gasteiger partial charge in [-0.3, -0.25) is 5.14 Å². The highest BCUT2D eigenvalue weighted by Gasteiger charge is 2.29. The number of nitrogens with two attached hydrogens (primary N) is 1. The Balaban J connectivity index is 2.57. The zero-order valence-corrected chi connectivity index (χ0v) is 15.5. The average Bonchev–Trinajstić information content (AvgIpc) is 2.51. The van der Waals surface area contributed by atoms with E-state index in [1.165, 1.54) is 0 Å². The summed E-state index contributed by atoms with van der Waals surface area (Å²) in [6.07, 6.45) is 3.38. The number of halogens is 1. The van der Waals surface area contributed by atoms with Crippen LogP contribution >= 0.6 is 11.6 Å². The van der Waals surface area contributed by atoms with Gasteiger partial charge in [0.05, 0.1) is 22.8 Å². The van der Waals surface area contributed by atoms with Crippen molar-refractivity contribution in [2.45, 2.75) is 44.3 Å². The molecule has 2 N–H and O–H groups in total. The molecule has 2 atom stereocenters. The van der Waals surface area contributed by atoms with Gasteiger partial charge in [-0.2, -0.15) is 0 Å². The second-order valence-electron chi connectivity index (χ2n) is 6.28. The van der Waals surface area contributed by atoms with Gasteiger partial charge in [-0.1, -0.05) is 24.6 Å². The molecule has 0 amide bonds.